The number of likely N-dealkylation sites (tertiary alicyclic amines) is 1. The molecule has 3 N–H and O–H groups in total. The fourth-order valence-electron chi connectivity index (χ4n) is 4.09. The first-order valence-electron chi connectivity index (χ1n) is 10.2. The van der Waals surface area contributed by atoms with Gasteiger partial charge >= 0.3 is 0 Å². The van der Waals surface area contributed by atoms with Crippen molar-refractivity contribution < 1.29 is 18.5 Å². The fraction of sp³-hybridized carbons (Fsp3) is 0.318. The van der Waals surface area contributed by atoms with Crippen LogP contribution in [0.5, 0.6) is 0 Å². The zero-order valence-electron chi connectivity index (χ0n) is 17.0. The Morgan fingerprint density at radius 2 is 1.84 bits per heavy atom. The first-order valence-corrected chi connectivity index (χ1v) is 10.9. The number of carbonyl (C=O) groups excluding carboxylic acids is 2. The summed E-state index contributed by atoms with van der Waals surface area (Å²) in [5, 5.41) is 7.99. The van der Waals surface area contributed by atoms with Crippen molar-refractivity contribution in [2.45, 2.75) is 18.8 Å². The van der Waals surface area contributed by atoms with Crippen LogP contribution in [0.1, 0.15) is 45.2 Å². The van der Waals surface area contributed by atoms with Crippen molar-refractivity contribution in [3.05, 3.63) is 63.0 Å². The number of amides is 2. The summed E-state index contributed by atoms with van der Waals surface area (Å²) in [5.41, 5.74) is 6.58. The van der Waals surface area contributed by atoms with Gasteiger partial charge in [0.2, 0.25) is 0 Å². The average Bonchev–Trinajstić information content (AvgIpc) is 3.18. The monoisotopic (exact) mass is 478 g/mol. The molecule has 3 aromatic rings. The van der Waals surface area contributed by atoms with E-state index in [1.807, 2.05) is 0 Å². The van der Waals surface area contributed by atoms with Crippen molar-refractivity contribution in [1.29, 1.82) is 0 Å². The van der Waals surface area contributed by atoms with Gasteiger partial charge in [0, 0.05) is 30.5 Å². The number of fused-ring (bicyclic) bond motifs is 1. The number of aromatic nitrogens is 1. The van der Waals surface area contributed by atoms with Gasteiger partial charge in [-0.3, -0.25) is 9.59 Å². The molecular formula is C22H21Cl2FN4O3. The third-order valence-electron chi connectivity index (χ3n) is 5.73. The Morgan fingerprint density at radius 1 is 1.16 bits per heavy atom. The highest BCUT2D eigenvalue weighted by Gasteiger charge is 2.26. The Balaban J connectivity index is 1.32. The second-order valence-electron chi connectivity index (χ2n) is 7.72. The first-order chi connectivity index (χ1) is 15.3. The maximum absolute atomic E-state index is 13.4. The number of primary amides is 1. The number of benzene rings is 2. The molecule has 1 fully saturated rings. The van der Waals surface area contributed by atoms with E-state index in [0.717, 1.165) is 37.0 Å². The molecule has 0 spiro atoms. The van der Waals surface area contributed by atoms with Crippen LogP contribution in [0.3, 0.4) is 0 Å². The van der Waals surface area contributed by atoms with Crippen molar-refractivity contribution in [3.8, 4) is 0 Å². The minimum absolute atomic E-state index is 0.0141. The quantitative estimate of drug-likeness (QED) is 0.557. The van der Waals surface area contributed by atoms with Crippen LogP contribution in [-0.4, -0.2) is 48.0 Å². The maximum atomic E-state index is 13.4. The van der Waals surface area contributed by atoms with Gasteiger partial charge in [0.05, 0.1) is 26.9 Å². The molecule has 0 atom stereocenters. The largest absolute Gasteiger partial charge is 0.366 e. The molecule has 2 amide bonds. The van der Waals surface area contributed by atoms with E-state index in [0.29, 0.717) is 18.7 Å². The Hall–Kier alpha value is -2.68. The first kappa shape index (κ1) is 22.5. The molecule has 7 nitrogen and oxygen atoms in total. The van der Waals surface area contributed by atoms with Crippen LogP contribution >= 0.6 is 23.2 Å². The molecule has 2 aromatic carbocycles. The lowest BCUT2D eigenvalue weighted by molar-refractivity contribution is 0.0930. The standard InChI is InChI=1S/C22H21Cl2FN4O3/c23-15-3-4-16(24)19(18(15)21(26)30)22(31)27-7-10-29-8-5-12(6-9-29)20-14-2-1-13(25)11-17(14)32-28-20/h1-4,11-12H,5-10H2,(H2,26,30)(H,27,31). The van der Waals surface area contributed by atoms with Crippen LogP contribution in [-0.2, 0) is 0 Å². The molecule has 2 heterocycles. The van der Waals surface area contributed by atoms with Crippen LogP contribution < -0.4 is 11.1 Å². The number of piperidine rings is 1. The summed E-state index contributed by atoms with van der Waals surface area (Å²) in [6.45, 7) is 2.64. The van der Waals surface area contributed by atoms with Gasteiger partial charge in [-0.1, -0.05) is 28.4 Å². The highest BCUT2D eigenvalue weighted by Crippen LogP contribution is 2.32. The molecule has 1 aliphatic heterocycles. The number of nitrogens with one attached hydrogen (secondary N) is 1. The van der Waals surface area contributed by atoms with Gasteiger partial charge in [-0.2, -0.15) is 0 Å². The summed E-state index contributed by atoms with van der Waals surface area (Å²) < 4.78 is 18.6. The molecule has 1 aliphatic rings. The SMILES string of the molecule is NC(=O)c1c(Cl)ccc(Cl)c1C(=O)NCCN1CCC(c2noc3cc(F)ccc23)CC1. The molecule has 1 aromatic heterocycles. The lowest BCUT2D eigenvalue weighted by Gasteiger charge is -2.31. The van der Waals surface area contributed by atoms with Crippen LogP contribution in [0.4, 0.5) is 4.39 Å². The van der Waals surface area contributed by atoms with Gasteiger partial charge in [0.25, 0.3) is 11.8 Å². The lowest BCUT2D eigenvalue weighted by Crippen LogP contribution is -2.39. The zero-order valence-corrected chi connectivity index (χ0v) is 18.5. The van der Waals surface area contributed by atoms with Gasteiger partial charge in [0.1, 0.15) is 5.82 Å². The van der Waals surface area contributed by atoms with Gasteiger partial charge in [-0.05, 0) is 50.2 Å². The normalized spacial score (nSPS) is 15.2. The third kappa shape index (κ3) is 4.57. The van der Waals surface area contributed by atoms with E-state index < -0.39 is 11.8 Å². The second-order valence-corrected chi connectivity index (χ2v) is 8.54. The van der Waals surface area contributed by atoms with E-state index in [2.05, 4.69) is 15.4 Å². The minimum atomic E-state index is -0.812. The van der Waals surface area contributed by atoms with Crippen LogP contribution in [0.2, 0.25) is 10.0 Å². The van der Waals surface area contributed by atoms with Crippen molar-refractivity contribution in [3.63, 3.8) is 0 Å². The number of nitrogens with two attached hydrogens (primary N) is 1. The molecule has 0 aliphatic carbocycles. The molecule has 1 saturated heterocycles. The van der Waals surface area contributed by atoms with Crippen LogP contribution in [0, 0.1) is 5.82 Å². The Morgan fingerprint density at radius 3 is 2.53 bits per heavy atom. The molecule has 0 bridgehead atoms. The molecule has 4 rings (SSSR count). The summed E-state index contributed by atoms with van der Waals surface area (Å²) in [5.74, 6) is -1.43. The van der Waals surface area contributed by atoms with Gasteiger partial charge in [-0.15, -0.1) is 0 Å². The molecule has 32 heavy (non-hydrogen) atoms. The number of rotatable bonds is 6. The molecule has 168 valence electrons. The van der Waals surface area contributed by atoms with E-state index in [4.69, 9.17) is 33.5 Å². The van der Waals surface area contributed by atoms with Crippen molar-refractivity contribution in [1.82, 2.24) is 15.4 Å². The van der Waals surface area contributed by atoms with Crippen LogP contribution in [0.25, 0.3) is 11.0 Å². The minimum Gasteiger partial charge on any atom is -0.366 e. The maximum Gasteiger partial charge on any atom is 0.253 e. The fourth-order valence-corrected chi connectivity index (χ4v) is 4.58. The van der Waals surface area contributed by atoms with Gasteiger partial charge in [-0.25, -0.2) is 4.39 Å². The van der Waals surface area contributed by atoms with Crippen molar-refractivity contribution in [2.75, 3.05) is 26.2 Å². The predicted octanol–water partition coefficient (Wildman–Crippen LogP) is 3.98. The molecule has 10 heteroatoms. The van der Waals surface area contributed by atoms with E-state index in [9.17, 15) is 14.0 Å². The topological polar surface area (TPSA) is 101 Å². The number of halogens is 3. The van der Waals surface area contributed by atoms with E-state index in [1.54, 1.807) is 6.07 Å². The summed E-state index contributed by atoms with van der Waals surface area (Å²) in [7, 11) is 0. The number of carbonyl (C=O) groups is 2. The van der Waals surface area contributed by atoms with Crippen LogP contribution in [0.15, 0.2) is 34.9 Å². The number of nitrogens with zero attached hydrogens (tertiary/aromatic N) is 2. The van der Waals surface area contributed by atoms with E-state index in [1.165, 1.54) is 24.3 Å². The number of hydrogen-bond acceptors (Lipinski definition) is 5. The second kappa shape index (κ2) is 9.44. The summed E-state index contributed by atoms with van der Waals surface area (Å²) in [6.07, 6.45) is 1.75. The highest BCUT2D eigenvalue weighted by molar-refractivity contribution is 6.38. The molecular weight excluding hydrogens is 458 g/mol. The average molecular weight is 479 g/mol. The molecule has 0 radical (unpaired) electrons. The van der Waals surface area contributed by atoms with Crippen molar-refractivity contribution in [2.24, 2.45) is 5.73 Å². The van der Waals surface area contributed by atoms with E-state index >= 15 is 0 Å². The molecule has 0 saturated carbocycles. The highest BCUT2D eigenvalue weighted by atomic mass is 35.5. The summed E-state index contributed by atoms with van der Waals surface area (Å²) in [4.78, 5) is 26.6. The van der Waals surface area contributed by atoms with Gasteiger partial charge < -0.3 is 20.5 Å². The Labute approximate surface area is 193 Å². The number of hydrogen-bond donors (Lipinski definition) is 2. The zero-order chi connectivity index (χ0) is 22.8. The Bertz CT molecular complexity index is 1180. The smallest absolute Gasteiger partial charge is 0.253 e. The Kier molecular flexibility index (Phi) is 6.64. The van der Waals surface area contributed by atoms with Gasteiger partial charge in [0.15, 0.2) is 5.58 Å². The summed E-state index contributed by atoms with van der Waals surface area (Å²) >= 11 is 12.1. The molecule has 0 unspecified atom stereocenters. The van der Waals surface area contributed by atoms with Crippen molar-refractivity contribution >= 4 is 46.0 Å². The lowest BCUT2D eigenvalue weighted by atomic mass is 9.91. The van der Waals surface area contributed by atoms with E-state index in [-0.39, 0.29) is 32.9 Å². The summed E-state index contributed by atoms with van der Waals surface area (Å²) in [6, 6.07) is 7.35. The predicted molar refractivity (Wildman–Crippen MR) is 120 cm³/mol. The third-order valence-corrected chi connectivity index (χ3v) is 6.36.